The largest absolute Gasteiger partial charge is 0.504 e. The Morgan fingerprint density at radius 3 is 2.28 bits per heavy atom. The summed E-state index contributed by atoms with van der Waals surface area (Å²) in [6.45, 7) is 0. The minimum Gasteiger partial charge on any atom is -0.504 e. The molecule has 1 atom stereocenters. The monoisotopic (exact) mass is 490 g/mol. The van der Waals surface area contributed by atoms with Crippen molar-refractivity contribution in [1.29, 1.82) is 0 Å². The molecule has 2 heterocycles. The van der Waals surface area contributed by atoms with Crippen LogP contribution in [0, 0.1) is 0 Å². The SMILES string of the molecule is COc1ccc([C@H]2CC(=O)Oc3c(O)c(O)c4c(=O)cc(-c5ccccc5)oc4c32)c(OC)c1OC. The molecule has 4 aromatic rings. The van der Waals surface area contributed by atoms with E-state index in [1.807, 2.05) is 6.07 Å². The zero-order valence-corrected chi connectivity index (χ0v) is 19.7. The molecule has 0 bridgehead atoms. The number of aromatic hydroxyl groups is 2. The lowest BCUT2D eigenvalue weighted by Gasteiger charge is -2.28. The van der Waals surface area contributed by atoms with Crippen molar-refractivity contribution in [3.63, 3.8) is 0 Å². The number of benzene rings is 3. The number of rotatable bonds is 5. The van der Waals surface area contributed by atoms with Crippen LogP contribution in [-0.2, 0) is 4.79 Å². The number of phenols is 2. The third kappa shape index (κ3) is 3.48. The molecule has 5 rings (SSSR count). The molecule has 0 amide bonds. The second kappa shape index (κ2) is 8.84. The number of hydrogen-bond donors (Lipinski definition) is 2. The molecule has 1 aliphatic heterocycles. The zero-order valence-electron chi connectivity index (χ0n) is 19.7. The number of phenolic OH excluding ortho intramolecular Hbond substituents is 2. The molecule has 0 saturated heterocycles. The summed E-state index contributed by atoms with van der Waals surface area (Å²) < 4.78 is 28.0. The molecule has 9 nitrogen and oxygen atoms in total. The highest BCUT2D eigenvalue weighted by atomic mass is 16.5. The summed E-state index contributed by atoms with van der Waals surface area (Å²) in [5.74, 6) is -1.92. The molecule has 36 heavy (non-hydrogen) atoms. The highest BCUT2D eigenvalue weighted by molar-refractivity contribution is 5.96. The first-order valence-electron chi connectivity index (χ1n) is 11.0. The van der Waals surface area contributed by atoms with E-state index in [0.29, 0.717) is 28.4 Å². The highest BCUT2D eigenvalue weighted by Gasteiger charge is 2.38. The van der Waals surface area contributed by atoms with Crippen LogP contribution in [0.5, 0.6) is 34.5 Å². The fourth-order valence-electron chi connectivity index (χ4n) is 4.62. The lowest BCUT2D eigenvalue weighted by atomic mass is 9.84. The van der Waals surface area contributed by atoms with E-state index in [9.17, 15) is 19.8 Å². The van der Waals surface area contributed by atoms with Crippen LogP contribution in [0.3, 0.4) is 0 Å². The van der Waals surface area contributed by atoms with Crippen molar-refractivity contribution < 1.29 is 38.4 Å². The molecule has 0 saturated carbocycles. The van der Waals surface area contributed by atoms with Gasteiger partial charge in [0.15, 0.2) is 28.4 Å². The van der Waals surface area contributed by atoms with E-state index in [4.69, 9.17) is 23.4 Å². The van der Waals surface area contributed by atoms with Gasteiger partial charge < -0.3 is 33.6 Å². The van der Waals surface area contributed by atoms with Crippen LogP contribution in [-0.4, -0.2) is 37.5 Å². The predicted molar refractivity (Wildman–Crippen MR) is 129 cm³/mol. The van der Waals surface area contributed by atoms with Crippen LogP contribution in [0.2, 0.25) is 0 Å². The van der Waals surface area contributed by atoms with Crippen LogP contribution in [0.15, 0.2) is 57.7 Å². The van der Waals surface area contributed by atoms with Crippen molar-refractivity contribution in [2.24, 2.45) is 0 Å². The van der Waals surface area contributed by atoms with Gasteiger partial charge in [-0.2, -0.15) is 0 Å². The normalized spacial score (nSPS) is 14.8. The highest BCUT2D eigenvalue weighted by Crippen LogP contribution is 2.54. The molecule has 1 aromatic heterocycles. The first-order valence-corrected chi connectivity index (χ1v) is 11.0. The summed E-state index contributed by atoms with van der Waals surface area (Å²) in [6.07, 6.45) is -0.155. The Labute approximate surface area is 205 Å². The summed E-state index contributed by atoms with van der Waals surface area (Å²) in [7, 11) is 4.39. The number of carbonyl (C=O) groups is 1. The van der Waals surface area contributed by atoms with Crippen molar-refractivity contribution in [2.45, 2.75) is 12.3 Å². The number of esters is 1. The van der Waals surface area contributed by atoms with Gasteiger partial charge in [-0.05, 0) is 6.07 Å². The third-order valence-corrected chi connectivity index (χ3v) is 6.22. The van der Waals surface area contributed by atoms with Gasteiger partial charge in [0, 0.05) is 23.1 Å². The van der Waals surface area contributed by atoms with Gasteiger partial charge in [-0.15, -0.1) is 0 Å². The number of methoxy groups -OCH3 is 3. The fourth-order valence-corrected chi connectivity index (χ4v) is 4.62. The number of carbonyl (C=O) groups excluding carboxylic acids is 1. The second-order valence-corrected chi connectivity index (χ2v) is 8.14. The molecular weight excluding hydrogens is 468 g/mol. The molecule has 0 fully saturated rings. The molecule has 2 N–H and O–H groups in total. The van der Waals surface area contributed by atoms with E-state index in [1.54, 1.807) is 36.4 Å². The third-order valence-electron chi connectivity index (χ3n) is 6.22. The van der Waals surface area contributed by atoms with E-state index < -0.39 is 28.8 Å². The van der Waals surface area contributed by atoms with Crippen LogP contribution in [0.25, 0.3) is 22.3 Å². The van der Waals surface area contributed by atoms with E-state index in [0.717, 1.165) is 0 Å². The minimum atomic E-state index is -0.779. The van der Waals surface area contributed by atoms with Crippen molar-refractivity contribution in [2.75, 3.05) is 21.3 Å². The van der Waals surface area contributed by atoms with Crippen molar-refractivity contribution in [1.82, 2.24) is 0 Å². The maximum absolute atomic E-state index is 13.1. The van der Waals surface area contributed by atoms with E-state index in [1.165, 1.54) is 27.4 Å². The lowest BCUT2D eigenvalue weighted by molar-refractivity contribution is -0.135. The molecular formula is C27H22O9. The van der Waals surface area contributed by atoms with Gasteiger partial charge in [-0.1, -0.05) is 36.4 Å². The Morgan fingerprint density at radius 1 is 0.889 bits per heavy atom. The Hall–Kier alpha value is -4.66. The standard InChI is InChI=1S/C27H22O9/c1-32-17-10-9-14(24(33-2)25(17)34-3)15-11-19(29)36-27-20(15)26-21(22(30)23(27)31)16(28)12-18(35-26)13-7-5-4-6-8-13/h4-10,12,15,30-31H,11H2,1-3H3/t15-/m1/s1. The van der Waals surface area contributed by atoms with Gasteiger partial charge in [0.2, 0.25) is 11.5 Å². The summed E-state index contributed by atoms with van der Waals surface area (Å²) in [5.41, 5.74) is 0.778. The molecule has 0 aliphatic carbocycles. The lowest BCUT2D eigenvalue weighted by Crippen LogP contribution is -2.22. The molecule has 0 spiro atoms. The first-order chi connectivity index (χ1) is 17.4. The molecule has 0 unspecified atom stereocenters. The van der Waals surface area contributed by atoms with Crippen molar-refractivity contribution >= 4 is 16.9 Å². The summed E-state index contributed by atoms with van der Waals surface area (Å²) in [4.78, 5) is 25.8. The summed E-state index contributed by atoms with van der Waals surface area (Å²) in [6, 6.07) is 13.5. The molecule has 9 heteroatoms. The Bertz CT molecular complexity index is 1550. The number of hydrogen-bond acceptors (Lipinski definition) is 9. The van der Waals surface area contributed by atoms with Crippen LogP contribution in [0.4, 0.5) is 0 Å². The summed E-state index contributed by atoms with van der Waals surface area (Å²) in [5, 5.41) is 21.2. The van der Waals surface area contributed by atoms with Gasteiger partial charge in [0.05, 0.1) is 33.3 Å². The van der Waals surface area contributed by atoms with Gasteiger partial charge in [-0.3, -0.25) is 9.59 Å². The summed E-state index contributed by atoms with van der Waals surface area (Å²) >= 11 is 0. The first kappa shape index (κ1) is 23.1. The average molecular weight is 490 g/mol. The predicted octanol–water partition coefficient (Wildman–Crippen LogP) is 4.34. The Morgan fingerprint density at radius 2 is 1.61 bits per heavy atom. The van der Waals surface area contributed by atoms with Crippen LogP contribution in [0.1, 0.15) is 23.5 Å². The van der Waals surface area contributed by atoms with Gasteiger partial charge in [-0.25, -0.2) is 0 Å². The van der Waals surface area contributed by atoms with Crippen molar-refractivity contribution in [3.8, 4) is 45.8 Å². The van der Waals surface area contributed by atoms with Gasteiger partial charge in [0.25, 0.3) is 0 Å². The Kier molecular flexibility index (Phi) is 5.68. The van der Waals surface area contributed by atoms with E-state index in [2.05, 4.69) is 0 Å². The zero-order chi connectivity index (χ0) is 25.6. The van der Waals surface area contributed by atoms with E-state index in [-0.39, 0.29) is 34.5 Å². The quantitative estimate of drug-likeness (QED) is 0.239. The second-order valence-electron chi connectivity index (χ2n) is 8.14. The van der Waals surface area contributed by atoms with E-state index >= 15 is 0 Å². The fraction of sp³-hybridized carbons (Fsp3) is 0.185. The Balaban J connectivity index is 1.88. The van der Waals surface area contributed by atoms with Crippen LogP contribution < -0.4 is 24.4 Å². The number of fused-ring (bicyclic) bond motifs is 3. The van der Waals surface area contributed by atoms with Gasteiger partial charge in [0.1, 0.15) is 16.7 Å². The molecule has 0 radical (unpaired) electrons. The molecule has 184 valence electrons. The molecule has 3 aromatic carbocycles. The maximum atomic E-state index is 13.1. The van der Waals surface area contributed by atoms with Crippen LogP contribution >= 0.6 is 0 Å². The van der Waals surface area contributed by atoms with Crippen molar-refractivity contribution in [3.05, 3.63) is 69.9 Å². The minimum absolute atomic E-state index is 0.0130. The maximum Gasteiger partial charge on any atom is 0.312 e. The topological polar surface area (TPSA) is 125 Å². The number of ether oxygens (including phenoxy) is 4. The molecule has 1 aliphatic rings. The average Bonchev–Trinajstić information content (AvgIpc) is 2.90. The smallest absolute Gasteiger partial charge is 0.312 e. The van der Waals surface area contributed by atoms with Gasteiger partial charge >= 0.3 is 5.97 Å².